The molecular formula is C16H24FN3O. The van der Waals surface area contributed by atoms with Crippen molar-refractivity contribution in [1.82, 2.24) is 15.5 Å². The maximum absolute atomic E-state index is 13.5. The van der Waals surface area contributed by atoms with E-state index in [0.717, 1.165) is 32.4 Å². The van der Waals surface area contributed by atoms with Gasteiger partial charge in [0.05, 0.1) is 6.54 Å². The number of amides is 1. The highest BCUT2D eigenvalue weighted by atomic mass is 19.1. The second-order valence-electron chi connectivity index (χ2n) is 5.62. The van der Waals surface area contributed by atoms with Gasteiger partial charge in [-0.3, -0.25) is 9.69 Å². The SMILES string of the molecule is CN(CC(=O)NCc1ccccc1F)C1CCCNCC1. The summed E-state index contributed by atoms with van der Waals surface area (Å²) in [6.07, 6.45) is 3.33. The molecule has 2 rings (SSSR count). The van der Waals surface area contributed by atoms with Gasteiger partial charge in [0.25, 0.3) is 0 Å². The molecular weight excluding hydrogens is 269 g/mol. The molecule has 0 aliphatic carbocycles. The van der Waals surface area contributed by atoms with Gasteiger partial charge in [0, 0.05) is 18.2 Å². The molecule has 1 saturated heterocycles. The molecule has 2 N–H and O–H groups in total. The Morgan fingerprint density at radius 2 is 2.19 bits per heavy atom. The minimum absolute atomic E-state index is 0.0574. The van der Waals surface area contributed by atoms with Crippen LogP contribution in [0.1, 0.15) is 24.8 Å². The van der Waals surface area contributed by atoms with Crippen molar-refractivity contribution in [3.8, 4) is 0 Å². The van der Waals surface area contributed by atoms with Crippen LogP contribution in [0.4, 0.5) is 4.39 Å². The Hall–Kier alpha value is -1.46. The van der Waals surface area contributed by atoms with Crippen molar-refractivity contribution in [3.63, 3.8) is 0 Å². The molecule has 1 aromatic rings. The van der Waals surface area contributed by atoms with Crippen LogP contribution < -0.4 is 10.6 Å². The van der Waals surface area contributed by atoms with E-state index >= 15 is 0 Å². The van der Waals surface area contributed by atoms with Crippen LogP contribution in [-0.2, 0) is 11.3 Å². The van der Waals surface area contributed by atoms with Crippen molar-refractivity contribution >= 4 is 5.91 Å². The molecule has 116 valence electrons. The molecule has 21 heavy (non-hydrogen) atoms. The monoisotopic (exact) mass is 293 g/mol. The molecule has 1 amide bonds. The lowest BCUT2D eigenvalue weighted by atomic mass is 10.1. The minimum atomic E-state index is -0.277. The van der Waals surface area contributed by atoms with Gasteiger partial charge in [-0.15, -0.1) is 0 Å². The Labute approximate surface area is 125 Å². The van der Waals surface area contributed by atoms with E-state index in [9.17, 15) is 9.18 Å². The lowest BCUT2D eigenvalue weighted by Crippen LogP contribution is -2.40. The Balaban J connectivity index is 1.77. The van der Waals surface area contributed by atoms with Crippen molar-refractivity contribution in [1.29, 1.82) is 0 Å². The van der Waals surface area contributed by atoms with E-state index in [1.807, 2.05) is 7.05 Å². The van der Waals surface area contributed by atoms with Gasteiger partial charge in [-0.1, -0.05) is 18.2 Å². The molecule has 1 unspecified atom stereocenters. The van der Waals surface area contributed by atoms with Gasteiger partial charge in [0.15, 0.2) is 0 Å². The van der Waals surface area contributed by atoms with Gasteiger partial charge >= 0.3 is 0 Å². The molecule has 4 nitrogen and oxygen atoms in total. The van der Waals surface area contributed by atoms with E-state index in [-0.39, 0.29) is 18.3 Å². The second kappa shape index (κ2) is 8.10. The maximum atomic E-state index is 13.5. The van der Waals surface area contributed by atoms with Gasteiger partial charge in [-0.05, 0) is 45.5 Å². The van der Waals surface area contributed by atoms with Crippen LogP contribution in [0.25, 0.3) is 0 Å². The highest BCUT2D eigenvalue weighted by molar-refractivity contribution is 5.78. The number of halogens is 1. The molecule has 0 aromatic heterocycles. The standard InChI is InChI=1S/C16H24FN3O/c1-20(14-6-4-9-18-10-8-14)12-16(21)19-11-13-5-2-3-7-15(13)17/h2-3,5,7,14,18H,4,6,8-12H2,1H3,(H,19,21). The maximum Gasteiger partial charge on any atom is 0.234 e. The average molecular weight is 293 g/mol. The summed E-state index contributed by atoms with van der Waals surface area (Å²) in [4.78, 5) is 14.1. The molecule has 1 aromatic carbocycles. The summed E-state index contributed by atoms with van der Waals surface area (Å²) in [7, 11) is 1.98. The van der Waals surface area contributed by atoms with E-state index in [0.29, 0.717) is 18.2 Å². The van der Waals surface area contributed by atoms with E-state index in [2.05, 4.69) is 15.5 Å². The highest BCUT2D eigenvalue weighted by Gasteiger charge is 2.18. The number of carbonyl (C=O) groups excluding carboxylic acids is 1. The van der Waals surface area contributed by atoms with Gasteiger partial charge in [0.2, 0.25) is 5.91 Å². The predicted octanol–water partition coefficient (Wildman–Crippen LogP) is 1.52. The molecule has 1 aliphatic rings. The summed E-state index contributed by atoms with van der Waals surface area (Å²) in [6.45, 7) is 2.67. The van der Waals surface area contributed by atoms with Crippen molar-refractivity contribution < 1.29 is 9.18 Å². The molecule has 1 heterocycles. The lowest BCUT2D eigenvalue weighted by Gasteiger charge is -2.26. The Bertz CT molecular complexity index is 459. The number of hydrogen-bond acceptors (Lipinski definition) is 3. The van der Waals surface area contributed by atoms with Crippen molar-refractivity contribution in [2.45, 2.75) is 31.8 Å². The molecule has 0 saturated carbocycles. The van der Waals surface area contributed by atoms with Crippen molar-refractivity contribution in [3.05, 3.63) is 35.6 Å². The third-order valence-corrected chi connectivity index (χ3v) is 4.00. The topological polar surface area (TPSA) is 44.4 Å². The number of rotatable bonds is 5. The number of benzene rings is 1. The molecule has 1 fully saturated rings. The fourth-order valence-electron chi connectivity index (χ4n) is 2.69. The first-order valence-electron chi connectivity index (χ1n) is 7.58. The van der Waals surface area contributed by atoms with E-state index in [4.69, 9.17) is 0 Å². The van der Waals surface area contributed by atoms with Crippen LogP contribution in [0.2, 0.25) is 0 Å². The fourth-order valence-corrected chi connectivity index (χ4v) is 2.69. The Morgan fingerprint density at radius 1 is 1.38 bits per heavy atom. The third-order valence-electron chi connectivity index (χ3n) is 4.00. The van der Waals surface area contributed by atoms with E-state index < -0.39 is 0 Å². The van der Waals surface area contributed by atoms with Crippen LogP contribution in [0.3, 0.4) is 0 Å². The minimum Gasteiger partial charge on any atom is -0.351 e. The first-order chi connectivity index (χ1) is 10.2. The summed E-state index contributed by atoms with van der Waals surface area (Å²) in [5.74, 6) is -0.334. The number of nitrogens with one attached hydrogen (secondary N) is 2. The molecule has 0 bridgehead atoms. The van der Waals surface area contributed by atoms with Crippen LogP contribution in [-0.4, -0.2) is 43.5 Å². The first kappa shape index (κ1) is 15.9. The van der Waals surface area contributed by atoms with Gasteiger partial charge in [0.1, 0.15) is 5.82 Å². The third kappa shape index (κ3) is 5.10. The largest absolute Gasteiger partial charge is 0.351 e. The number of carbonyl (C=O) groups is 1. The van der Waals surface area contributed by atoms with Gasteiger partial charge in [-0.25, -0.2) is 4.39 Å². The molecule has 0 radical (unpaired) electrons. The predicted molar refractivity (Wildman–Crippen MR) is 81.4 cm³/mol. The lowest BCUT2D eigenvalue weighted by molar-refractivity contribution is -0.122. The number of hydrogen-bond donors (Lipinski definition) is 2. The van der Waals surface area contributed by atoms with E-state index in [1.165, 1.54) is 6.07 Å². The first-order valence-corrected chi connectivity index (χ1v) is 7.58. The molecule has 0 spiro atoms. The smallest absolute Gasteiger partial charge is 0.234 e. The zero-order valence-corrected chi connectivity index (χ0v) is 12.6. The fraction of sp³-hybridized carbons (Fsp3) is 0.562. The quantitative estimate of drug-likeness (QED) is 0.865. The summed E-state index contributed by atoms with van der Waals surface area (Å²) in [5.41, 5.74) is 0.521. The van der Waals surface area contributed by atoms with Crippen LogP contribution in [0.15, 0.2) is 24.3 Å². The van der Waals surface area contributed by atoms with Gasteiger partial charge < -0.3 is 10.6 Å². The van der Waals surface area contributed by atoms with Crippen LogP contribution >= 0.6 is 0 Å². The summed E-state index contributed by atoms with van der Waals surface area (Å²) in [5, 5.41) is 6.16. The van der Waals surface area contributed by atoms with E-state index in [1.54, 1.807) is 18.2 Å². The zero-order chi connectivity index (χ0) is 15.1. The van der Waals surface area contributed by atoms with Gasteiger partial charge in [-0.2, -0.15) is 0 Å². The summed E-state index contributed by atoms with van der Waals surface area (Å²) < 4.78 is 13.5. The number of likely N-dealkylation sites (N-methyl/N-ethyl adjacent to an activating group) is 1. The summed E-state index contributed by atoms with van der Waals surface area (Å²) in [6, 6.07) is 6.96. The molecule has 5 heteroatoms. The summed E-state index contributed by atoms with van der Waals surface area (Å²) >= 11 is 0. The van der Waals surface area contributed by atoms with Crippen molar-refractivity contribution in [2.75, 3.05) is 26.7 Å². The van der Waals surface area contributed by atoms with Crippen LogP contribution in [0.5, 0.6) is 0 Å². The Kier molecular flexibility index (Phi) is 6.14. The number of nitrogens with zero attached hydrogens (tertiary/aromatic N) is 1. The molecule has 1 atom stereocenters. The average Bonchev–Trinajstić information content (AvgIpc) is 2.75. The second-order valence-corrected chi connectivity index (χ2v) is 5.62. The normalized spacial score (nSPS) is 19.3. The van der Waals surface area contributed by atoms with Crippen LogP contribution in [0, 0.1) is 5.82 Å². The zero-order valence-electron chi connectivity index (χ0n) is 12.6. The Morgan fingerprint density at radius 3 is 3.00 bits per heavy atom. The highest BCUT2D eigenvalue weighted by Crippen LogP contribution is 2.11. The van der Waals surface area contributed by atoms with Crippen molar-refractivity contribution in [2.24, 2.45) is 0 Å². The molecule has 1 aliphatic heterocycles.